The summed E-state index contributed by atoms with van der Waals surface area (Å²) in [6, 6.07) is 6.94. The van der Waals surface area contributed by atoms with Crippen molar-refractivity contribution in [1.82, 2.24) is 14.9 Å². The third kappa shape index (κ3) is 4.78. The lowest BCUT2D eigenvalue weighted by molar-refractivity contribution is 0.313. The van der Waals surface area contributed by atoms with Crippen LogP contribution in [-0.2, 0) is 16.6 Å². The zero-order valence-corrected chi connectivity index (χ0v) is 13.6. The molecule has 0 aromatic heterocycles. The van der Waals surface area contributed by atoms with Crippen molar-refractivity contribution in [2.45, 2.75) is 37.2 Å². The smallest absolute Gasteiger partial charge is 0.240 e. The quantitative estimate of drug-likeness (QED) is 0.793. The Morgan fingerprint density at radius 1 is 1.19 bits per heavy atom. The van der Waals surface area contributed by atoms with Gasteiger partial charge in [0.25, 0.3) is 0 Å². The van der Waals surface area contributed by atoms with Gasteiger partial charge in [-0.05, 0) is 57.6 Å². The highest BCUT2D eigenvalue weighted by atomic mass is 32.2. The van der Waals surface area contributed by atoms with E-state index in [0.29, 0.717) is 4.90 Å². The number of likely N-dealkylation sites (tertiary alicyclic amines) is 1. The van der Waals surface area contributed by atoms with Crippen molar-refractivity contribution in [2.75, 3.05) is 26.7 Å². The number of hydrogen-bond acceptors (Lipinski definition) is 4. The minimum atomic E-state index is -3.43. The maximum atomic E-state index is 12.3. The number of rotatable bonds is 7. The van der Waals surface area contributed by atoms with E-state index in [4.69, 9.17) is 0 Å². The summed E-state index contributed by atoms with van der Waals surface area (Å²) in [6.45, 7) is 5.58. The van der Waals surface area contributed by atoms with Gasteiger partial charge in [-0.2, -0.15) is 0 Å². The van der Waals surface area contributed by atoms with E-state index >= 15 is 0 Å². The Hall–Kier alpha value is -0.950. The molecule has 118 valence electrons. The van der Waals surface area contributed by atoms with E-state index in [1.165, 1.54) is 12.8 Å². The van der Waals surface area contributed by atoms with Gasteiger partial charge in [-0.3, -0.25) is 0 Å². The predicted octanol–water partition coefficient (Wildman–Crippen LogP) is 1.17. The molecule has 1 fully saturated rings. The van der Waals surface area contributed by atoms with Gasteiger partial charge < -0.3 is 10.2 Å². The number of hydrogen-bond donors (Lipinski definition) is 2. The van der Waals surface area contributed by atoms with Gasteiger partial charge in [-0.15, -0.1) is 0 Å². The lowest BCUT2D eigenvalue weighted by Gasteiger charge is -2.21. The minimum absolute atomic E-state index is 0.0786. The fourth-order valence-corrected chi connectivity index (χ4v) is 3.95. The third-order valence-corrected chi connectivity index (χ3v) is 5.31. The lowest BCUT2D eigenvalue weighted by atomic mass is 10.2. The Balaban J connectivity index is 1.96. The Labute approximate surface area is 127 Å². The van der Waals surface area contributed by atoms with E-state index in [1.807, 2.05) is 26.1 Å². The van der Waals surface area contributed by atoms with Crippen LogP contribution < -0.4 is 10.0 Å². The van der Waals surface area contributed by atoms with Gasteiger partial charge in [0, 0.05) is 19.1 Å². The molecule has 2 rings (SSSR count). The van der Waals surface area contributed by atoms with Gasteiger partial charge >= 0.3 is 0 Å². The highest BCUT2D eigenvalue weighted by Gasteiger charge is 2.20. The molecule has 1 aliphatic rings. The van der Waals surface area contributed by atoms with Gasteiger partial charge in [-0.1, -0.05) is 12.1 Å². The molecule has 5 nitrogen and oxygen atoms in total. The van der Waals surface area contributed by atoms with E-state index in [9.17, 15) is 8.42 Å². The van der Waals surface area contributed by atoms with Crippen LogP contribution in [0.3, 0.4) is 0 Å². The summed E-state index contributed by atoms with van der Waals surface area (Å²) in [7, 11) is -1.56. The molecule has 0 aliphatic carbocycles. The highest BCUT2D eigenvalue weighted by molar-refractivity contribution is 7.89. The monoisotopic (exact) mass is 311 g/mol. The van der Waals surface area contributed by atoms with Crippen LogP contribution >= 0.6 is 0 Å². The Bertz CT molecular complexity index is 537. The highest BCUT2D eigenvalue weighted by Crippen LogP contribution is 2.12. The van der Waals surface area contributed by atoms with Crippen LogP contribution in [0.5, 0.6) is 0 Å². The molecule has 0 saturated carbocycles. The largest absolute Gasteiger partial charge is 0.316 e. The molecular weight excluding hydrogens is 286 g/mol. The summed E-state index contributed by atoms with van der Waals surface area (Å²) in [6.07, 6.45) is 2.43. The molecule has 2 N–H and O–H groups in total. The molecule has 0 radical (unpaired) electrons. The van der Waals surface area contributed by atoms with Crippen LogP contribution in [-0.4, -0.2) is 46.0 Å². The van der Waals surface area contributed by atoms with Crippen molar-refractivity contribution in [3.05, 3.63) is 29.8 Å². The van der Waals surface area contributed by atoms with Crippen molar-refractivity contribution in [3.63, 3.8) is 0 Å². The van der Waals surface area contributed by atoms with Crippen molar-refractivity contribution in [2.24, 2.45) is 0 Å². The lowest BCUT2D eigenvalue weighted by Crippen LogP contribution is -2.41. The Morgan fingerprint density at radius 3 is 2.38 bits per heavy atom. The molecule has 0 amide bonds. The van der Waals surface area contributed by atoms with Crippen LogP contribution in [0.25, 0.3) is 0 Å². The number of sulfonamides is 1. The van der Waals surface area contributed by atoms with E-state index in [1.54, 1.807) is 12.1 Å². The van der Waals surface area contributed by atoms with Crippen molar-refractivity contribution in [1.29, 1.82) is 0 Å². The third-order valence-electron chi connectivity index (χ3n) is 3.70. The van der Waals surface area contributed by atoms with Gasteiger partial charge in [0.2, 0.25) is 10.0 Å². The van der Waals surface area contributed by atoms with Gasteiger partial charge in [0.15, 0.2) is 0 Å². The van der Waals surface area contributed by atoms with Crippen LogP contribution in [0.4, 0.5) is 0 Å². The summed E-state index contributed by atoms with van der Waals surface area (Å²) in [5.41, 5.74) is 1.07. The normalized spacial score (nSPS) is 18.0. The fraction of sp³-hybridized carbons (Fsp3) is 0.600. The average molecular weight is 311 g/mol. The molecule has 1 aromatic carbocycles. The van der Waals surface area contributed by atoms with Gasteiger partial charge in [0.1, 0.15) is 0 Å². The van der Waals surface area contributed by atoms with Crippen LogP contribution in [0.15, 0.2) is 29.2 Å². The molecule has 21 heavy (non-hydrogen) atoms. The first-order valence-corrected chi connectivity index (χ1v) is 8.98. The molecule has 1 heterocycles. The predicted molar refractivity (Wildman–Crippen MR) is 84.7 cm³/mol. The summed E-state index contributed by atoms with van der Waals surface area (Å²) >= 11 is 0. The maximum absolute atomic E-state index is 12.3. The first kappa shape index (κ1) is 16.4. The SMILES string of the molecule is CNCc1ccc(S(=O)(=O)NC(C)CN2CCCC2)cc1. The minimum Gasteiger partial charge on any atom is -0.316 e. The van der Waals surface area contributed by atoms with E-state index in [-0.39, 0.29) is 6.04 Å². The average Bonchev–Trinajstić information content (AvgIpc) is 2.92. The molecule has 1 aliphatic heterocycles. The van der Waals surface area contributed by atoms with Crippen molar-refractivity contribution >= 4 is 10.0 Å². The Kier molecular flexibility index (Phi) is 5.75. The standard InChI is InChI=1S/C15H25N3O2S/c1-13(12-18-9-3-4-10-18)17-21(19,20)15-7-5-14(6-8-15)11-16-2/h5-8,13,16-17H,3-4,9-12H2,1-2H3. The molecule has 1 atom stereocenters. The molecule has 1 aromatic rings. The van der Waals surface area contributed by atoms with Crippen LogP contribution in [0.1, 0.15) is 25.3 Å². The van der Waals surface area contributed by atoms with Crippen LogP contribution in [0, 0.1) is 0 Å². The second kappa shape index (κ2) is 7.35. The number of nitrogens with one attached hydrogen (secondary N) is 2. The van der Waals surface area contributed by atoms with Crippen molar-refractivity contribution < 1.29 is 8.42 Å². The number of nitrogens with zero attached hydrogens (tertiary/aromatic N) is 1. The first-order valence-electron chi connectivity index (χ1n) is 7.49. The molecular formula is C15H25N3O2S. The molecule has 1 unspecified atom stereocenters. The number of benzene rings is 1. The van der Waals surface area contributed by atoms with Crippen LogP contribution in [0.2, 0.25) is 0 Å². The second-order valence-electron chi connectivity index (χ2n) is 5.70. The zero-order valence-electron chi connectivity index (χ0n) is 12.8. The Morgan fingerprint density at radius 2 is 1.81 bits per heavy atom. The zero-order chi connectivity index (χ0) is 15.3. The molecule has 6 heteroatoms. The summed E-state index contributed by atoms with van der Waals surface area (Å²) in [4.78, 5) is 2.64. The molecule has 0 bridgehead atoms. The topological polar surface area (TPSA) is 61.4 Å². The fourth-order valence-electron chi connectivity index (χ4n) is 2.71. The summed E-state index contributed by atoms with van der Waals surface area (Å²) < 4.78 is 27.4. The molecule has 0 spiro atoms. The second-order valence-corrected chi connectivity index (χ2v) is 7.42. The van der Waals surface area contributed by atoms with E-state index in [2.05, 4.69) is 14.9 Å². The summed E-state index contributed by atoms with van der Waals surface area (Å²) in [5.74, 6) is 0. The van der Waals surface area contributed by atoms with Crippen molar-refractivity contribution in [3.8, 4) is 0 Å². The maximum Gasteiger partial charge on any atom is 0.240 e. The van der Waals surface area contributed by atoms with E-state index < -0.39 is 10.0 Å². The van der Waals surface area contributed by atoms with Gasteiger partial charge in [0.05, 0.1) is 4.90 Å². The first-order chi connectivity index (χ1) is 10.0. The van der Waals surface area contributed by atoms with E-state index in [0.717, 1.165) is 31.7 Å². The summed E-state index contributed by atoms with van der Waals surface area (Å²) in [5, 5.41) is 3.04. The molecule has 1 saturated heterocycles. The van der Waals surface area contributed by atoms with Gasteiger partial charge in [-0.25, -0.2) is 13.1 Å².